The Morgan fingerprint density at radius 3 is 2.11 bits per heavy atom. The summed E-state index contributed by atoms with van der Waals surface area (Å²) in [7, 11) is 0. The van der Waals surface area contributed by atoms with Crippen LogP contribution < -0.4 is 0 Å². The first kappa shape index (κ1) is 15.9. The van der Waals surface area contributed by atoms with Gasteiger partial charge in [-0.15, -0.1) is 0 Å². The highest BCUT2D eigenvalue weighted by atomic mass is 16.1. The van der Waals surface area contributed by atoms with Crippen LogP contribution in [-0.4, -0.2) is 29.3 Å². The van der Waals surface area contributed by atoms with Crippen LogP contribution in [0.1, 0.15) is 40.2 Å². The van der Waals surface area contributed by atoms with Crippen molar-refractivity contribution >= 4 is 5.78 Å². The monoisotopic (exact) mass is 261 g/mol. The zero-order chi connectivity index (χ0) is 14.4. The van der Waals surface area contributed by atoms with Gasteiger partial charge >= 0.3 is 0 Å². The zero-order valence-electron chi connectivity index (χ0n) is 12.9. The van der Waals surface area contributed by atoms with Crippen LogP contribution in [0.4, 0.5) is 0 Å². The lowest BCUT2D eigenvalue weighted by Gasteiger charge is -2.34. The van der Waals surface area contributed by atoms with E-state index >= 15 is 0 Å². The summed E-state index contributed by atoms with van der Waals surface area (Å²) in [4.78, 5) is 14.8. The number of hydrogen-bond donors (Lipinski definition) is 0. The van der Waals surface area contributed by atoms with Crippen molar-refractivity contribution < 1.29 is 4.79 Å². The fourth-order valence-corrected chi connectivity index (χ4v) is 2.55. The van der Waals surface area contributed by atoms with Gasteiger partial charge in [-0.25, -0.2) is 0 Å². The third kappa shape index (κ3) is 4.46. The topological polar surface area (TPSA) is 20.3 Å². The van der Waals surface area contributed by atoms with Crippen molar-refractivity contribution in [2.75, 3.05) is 6.54 Å². The molecular weight excluding hydrogens is 234 g/mol. The molecule has 1 aromatic carbocycles. The smallest absolute Gasteiger partial charge is 0.152 e. The minimum atomic E-state index is -0.00704. The molecule has 0 saturated carbocycles. The molecule has 0 heterocycles. The highest BCUT2D eigenvalue weighted by Gasteiger charge is 2.28. The molecule has 0 aliphatic rings. The number of ketones is 1. The molecule has 0 aromatic heterocycles. The molecule has 1 rings (SSSR count). The summed E-state index contributed by atoms with van der Waals surface area (Å²) in [6.45, 7) is 11.4. The lowest BCUT2D eigenvalue weighted by Crippen LogP contribution is -2.47. The number of Topliss-reactive ketones (excluding diaryl/α,β-unsaturated/α-hetero) is 1. The van der Waals surface area contributed by atoms with Crippen molar-refractivity contribution in [1.82, 2.24) is 4.90 Å². The molecule has 0 amide bonds. The highest BCUT2D eigenvalue weighted by molar-refractivity contribution is 5.86. The molecule has 0 spiro atoms. The molecule has 1 unspecified atom stereocenters. The Morgan fingerprint density at radius 2 is 1.68 bits per heavy atom. The van der Waals surface area contributed by atoms with E-state index in [4.69, 9.17) is 0 Å². The van der Waals surface area contributed by atoms with Crippen LogP contribution in [0.25, 0.3) is 0 Å². The molecule has 19 heavy (non-hydrogen) atoms. The number of benzene rings is 1. The van der Waals surface area contributed by atoms with Crippen LogP contribution in [-0.2, 0) is 11.2 Å². The Balaban J connectivity index is 2.95. The van der Waals surface area contributed by atoms with Crippen LogP contribution in [0, 0.1) is 5.92 Å². The maximum atomic E-state index is 12.5. The van der Waals surface area contributed by atoms with Gasteiger partial charge in [0.05, 0.1) is 6.04 Å². The van der Waals surface area contributed by atoms with Crippen molar-refractivity contribution in [2.45, 2.75) is 53.1 Å². The number of hydrogen-bond acceptors (Lipinski definition) is 2. The Labute approximate surface area is 117 Å². The van der Waals surface area contributed by atoms with E-state index in [9.17, 15) is 4.79 Å². The molecule has 106 valence electrons. The van der Waals surface area contributed by atoms with Crippen molar-refractivity contribution in [3.63, 3.8) is 0 Å². The third-order valence-corrected chi connectivity index (χ3v) is 3.60. The number of likely N-dealkylation sites (N-methyl/N-ethyl adjacent to an activating group) is 1. The maximum Gasteiger partial charge on any atom is 0.152 e. The molecule has 0 saturated heterocycles. The molecule has 1 aromatic rings. The SMILES string of the molecule is CCN(C(C)C)C(Cc1ccccc1)C(=O)C(C)C. The lowest BCUT2D eigenvalue weighted by atomic mass is 9.93. The van der Waals surface area contributed by atoms with Crippen LogP contribution in [0.3, 0.4) is 0 Å². The van der Waals surface area contributed by atoms with Crippen LogP contribution in [0.2, 0.25) is 0 Å². The molecule has 2 heteroatoms. The molecule has 0 N–H and O–H groups in total. The average Bonchev–Trinajstić information content (AvgIpc) is 2.38. The lowest BCUT2D eigenvalue weighted by molar-refractivity contribution is -0.128. The molecule has 0 fully saturated rings. The largest absolute Gasteiger partial charge is 0.298 e. The second kappa shape index (κ2) is 7.44. The van der Waals surface area contributed by atoms with Gasteiger partial charge in [0, 0.05) is 12.0 Å². The summed E-state index contributed by atoms with van der Waals surface area (Å²) < 4.78 is 0. The average molecular weight is 261 g/mol. The summed E-state index contributed by atoms with van der Waals surface area (Å²) in [5.41, 5.74) is 1.24. The van der Waals surface area contributed by atoms with Gasteiger partial charge in [-0.1, -0.05) is 51.1 Å². The van der Waals surface area contributed by atoms with Gasteiger partial charge in [-0.05, 0) is 32.4 Å². The third-order valence-electron chi connectivity index (χ3n) is 3.60. The number of carbonyl (C=O) groups is 1. The van der Waals surface area contributed by atoms with Gasteiger partial charge in [-0.2, -0.15) is 0 Å². The summed E-state index contributed by atoms with van der Waals surface area (Å²) in [6.07, 6.45) is 0.809. The summed E-state index contributed by atoms with van der Waals surface area (Å²) >= 11 is 0. The second-order valence-corrected chi connectivity index (χ2v) is 5.69. The first-order valence-corrected chi connectivity index (χ1v) is 7.30. The first-order chi connectivity index (χ1) is 8.97. The van der Waals surface area contributed by atoms with E-state index < -0.39 is 0 Å². The fourth-order valence-electron chi connectivity index (χ4n) is 2.55. The Hall–Kier alpha value is -1.15. The predicted octanol–water partition coefficient (Wildman–Crippen LogP) is 3.55. The zero-order valence-corrected chi connectivity index (χ0v) is 12.9. The normalized spacial score (nSPS) is 13.3. The maximum absolute atomic E-state index is 12.5. The van der Waals surface area contributed by atoms with Gasteiger partial charge in [0.15, 0.2) is 5.78 Å². The van der Waals surface area contributed by atoms with E-state index in [2.05, 4.69) is 37.8 Å². The van der Waals surface area contributed by atoms with E-state index in [-0.39, 0.29) is 12.0 Å². The minimum absolute atomic E-state index is 0.00704. The van der Waals surface area contributed by atoms with Crippen molar-refractivity contribution in [2.24, 2.45) is 5.92 Å². The quantitative estimate of drug-likeness (QED) is 0.748. The summed E-state index contributed by atoms with van der Waals surface area (Å²) in [5, 5.41) is 0. The van der Waals surface area contributed by atoms with E-state index in [1.807, 2.05) is 32.0 Å². The van der Waals surface area contributed by atoms with Gasteiger partial charge in [0.25, 0.3) is 0 Å². The Morgan fingerprint density at radius 1 is 1.11 bits per heavy atom. The van der Waals surface area contributed by atoms with E-state index in [0.29, 0.717) is 11.8 Å². The standard InChI is InChI=1S/C17H27NO/c1-6-18(14(4)5)16(17(19)13(2)3)12-15-10-8-7-9-11-15/h7-11,13-14,16H,6,12H2,1-5H3. The Kier molecular flexibility index (Phi) is 6.23. The van der Waals surface area contributed by atoms with Gasteiger partial charge in [-0.3, -0.25) is 9.69 Å². The van der Waals surface area contributed by atoms with Crippen LogP contribution >= 0.6 is 0 Å². The van der Waals surface area contributed by atoms with Gasteiger partial charge < -0.3 is 0 Å². The number of carbonyl (C=O) groups excluding carboxylic acids is 1. The van der Waals surface area contributed by atoms with E-state index in [1.54, 1.807) is 0 Å². The van der Waals surface area contributed by atoms with E-state index in [1.165, 1.54) is 5.56 Å². The molecule has 1 atom stereocenters. The van der Waals surface area contributed by atoms with Crippen molar-refractivity contribution in [3.8, 4) is 0 Å². The van der Waals surface area contributed by atoms with Gasteiger partial charge in [0.2, 0.25) is 0 Å². The van der Waals surface area contributed by atoms with E-state index in [0.717, 1.165) is 13.0 Å². The molecular formula is C17H27NO. The number of rotatable bonds is 7. The predicted molar refractivity (Wildman–Crippen MR) is 81.3 cm³/mol. The molecule has 2 nitrogen and oxygen atoms in total. The van der Waals surface area contributed by atoms with Crippen LogP contribution in [0.5, 0.6) is 0 Å². The summed E-state index contributed by atoms with van der Waals surface area (Å²) in [5.74, 6) is 0.431. The second-order valence-electron chi connectivity index (χ2n) is 5.69. The first-order valence-electron chi connectivity index (χ1n) is 7.30. The fraction of sp³-hybridized carbons (Fsp3) is 0.588. The summed E-state index contributed by atoms with van der Waals surface area (Å²) in [6, 6.07) is 10.7. The van der Waals surface area contributed by atoms with Gasteiger partial charge in [0.1, 0.15) is 0 Å². The molecule has 0 bridgehead atoms. The van der Waals surface area contributed by atoms with Crippen molar-refractivity contribution in [1.29, 1.82) is 0 Å². The molecule has 0 aliphatic carbocycles. The van der Waals surface area contributed by atoms with Crippen molar-refractivity contribution in [3.05, 3.63) is 35.9 Å². The molecule has 0 aliphatic heterocycles. The minimum Gasteiger partial charge on any atom is -0.298 e. The van der Waals surface area contributed by atoms with Crippen LogP contribution in [0.15, 0.2) is 30.3 Å². The Bertz CT molecular complexity index is 384. The molecule has 0 radical (unpaired) electrons. The highest BCUT2D eigenvalue weighted by Crippen LogP contribution is 2.16. The number of nitrogens with zero attached hydrogens (tertiary/aromatic N) is 1.